The molecule has 1 N–H and O–H groups in total. The number of rotatable bonds is 6. The molecular weight excluding hydrogens is 362 g/mol. The van der Waals surface area contributed by atoms with E-state index in [1.165, 1.54) is 19.4 Å². The highest BCUT2D eigenvalue weighted by Gasteiger charge is 2.40. The number of carbonyl (C=O) groups is 3. The minimum absolute atomic E-state index is 0.230. The third-order valence-corrected chi connectivity index (χ3v) is 4.22. The van der Waals surface area contributed by atoms with E-state index in [2.05, 4.69) is 10.3 Å². The molecule has 1 aliphatic rings. The number of para-hydroxylation sites is 1. The normalized spacial score (nSPS) is 17.0. The van der Waals surface area contributed by atoms with Gasteiger partial charge in [0, 0.05) is 17.8 Å². The van der Waals surface area contributed by atoms with Crippen molar-refractivity contribution in [2.45, 2.75) is 6.54 Å². The molecule has 8 heteroatoms. The zero-order valence-corrected chi connectivity index (χ0v) is 15.4. The van der Waals surface area contributed by atoms with Gasteiger partial charge in [0.2, 0.25) is 5.91 Å². The van der Waals surface area contributed by atoms with Crippen molar-refractivity contribution in [2.75, 3.05) is 19.1 Å². The molecule has 28 heavy (non-hydrogen) atoms. The van der Waals surface area contributed by atoms with Gasteiger partial charge in [0.15, 0.2) is 5.92 Å². The maximum absolute atomic E-state index is 12.8. The van der Waals surface area contributed by atoms with Crippen LogP contribution in [-0.2, 0) is 16.1 Å². The van der Waals surface area contributed by atoms with Gasteiger partial charge >= 0.3 is 6.03 Å². The maximum atomic E-state index is 12.8. The highest BCUT2D eigenvalue weighted by atomic mass is 16.5. The molecule has 144 valence electrons. The third kappa shape index (κ3) is 3.85. The van der Waals surface area contributed by atoms with Crippen molar-refractivity contribution in [3.05, 3.63) is 54.1 Å². The molecule has 0 bridgehead atoms. The monoisotopic (exact) mass is 381 g/mol. The van der Waals surface area contributed by atoms with Crippen molar-refractivity contribution in [1.29, 1.82) is 0 Å². The molecule has 4 amide bonds. The van der Waals surface area contributed by atoms with Gasteiger partial charge in [-0.2, -0.15) is 0 Å². The van der Waals surface area contributed by atoms with Crippen LogP contribution in [0.5, 0.6) is 11.5 Å². The number of methoxy groups -OCH3 is 2. The largest absolute Gasteiger partial charge is 0.497 e. The third-order valence-electron chi connectivity index (χ3n) is 4.22. The molecule has 0 aromatic heterocycles. The Morgan fingerprint density at radius 1 is 1.07 bits per heavy atom. The first-order chi connectivity index (χ1) is 13.5. The van der Waals surface area contributed by atoms with Crippen LogP contribution in [0.1, 0.15) is 5.56 Å². The van der Waals surface area contributed by atoms with E-state index >= 15 is 0 Å². The Bertz CT molecular complexity index is 941. The molecule has 1 aliphatic heterocycles. The Balaban J connectivity index is 1.81. The van der Waals surface area contributed by atoms with Crippen LogP contribution in [0.4, 0.5) is 10.5 Å². The molecule has 0 spiro atoms. The molecule has 2 aromatic rings. The summed E-state index contributed by atoms with van der Waals surface area (Å²) in [6, 6.07) is 13.0. The number of amides is 4. The number of benzene rings is 2. The minimum Gasteiger partial charge on any atom is -0.497 e. The van der Waals surface area contributed by atoms with Gasteiger partial charge in [-0.05, 0) is 18.2 Å². The van der Waals surface area contributed by atoms with Crippen molar-refractivity contribution in [3.63, 3.8) is 0 Å². The highest BCUT2D eigenvalue weighted by molar-refractivity contribution is 6.32. The van der Waals surface area contributed by atoms with Gasteiger partial charge in [-0.15, -0.1) is 0 Å². The number of ether oxygens (including phenoxy) is 2. The van der Waals surface area contributed by atoms with Crippen LogP contribution in [0.2, 0.25) is 0 Å². The zero-order valence-electron chi connectivity index (χ0n) is 15.4. The Morgan fingerprint density at radius 3 is 2.61 bits per heavy atom. The van der Waals surface area contributed by atoms with Crippen molar-refractivity contribution in [2.24, 2.45) is 10.9 Å². The summed E-state index contributed by atoms with van der Waals surface area (Å²) in [7, 11) is 3.03. The van der Waals surface area contributed by atoms with E-state index in [9.17, 15) is 14.4 Å². The number of barbiturate groups is 1. The number of nitrogens with one attached hydrogen (secondary N) is 1. The number of hydrogen-bond donors (Lipinski definition) is 1. The molecule has 3 rings (SSSR count). The van der Waals surface area contributed by atoms with Crippen LogP contribution in [0.25, 0.3) is 0 Å². The van der Waals surface area contributed by atoms with Crippen LogP contribution < -0.4 is 19.7 Å². The van der Waals surface area contributed by atoms with E-state index in [0.717, 1.165) is 10.5 Å². The number of urea groups is 1. The predicted molar refractivity (Wildman–Crippen MR) is 103 cm³/mol. The van der Waals surface area contributed by atoms with Crippen LogP contribution in [0, 0.1) is 5.92 Å². The summed E-state index contributed by atoms with van der Waals surface area (Å²) in [4.78, 5) is 42.3. The topological polar surface area (TPSA) is 97.3 Å². The summed E-state index contributed by atoms with van der Waals surface area (Å²) >= 11 is 0. The Hall–Kier alpha value is -3.68. The average Bonchev–Trinajstić information content (AvgIpc) is 2.70. The average molecular weight is 381 g/mol. The van der Waals surface area contributed by atoms with E-state index in [-0.39, 0.29) is 6.54 Å². The highest BCUT2D eigenvalue weighted by Crippen LogP contribution is 2.24. The van der Waals surface area contributed by atoms with Crippen LogP contribution >= 0.6 is 0 Å². The number of imide groups is 2. The van der Waals surface area contributed by atoms with Gasteiger partial charge in [0.1, 0.15) is 11.5 Å². The summed E-state index contributed by atoms with van der Waals surface area (Å²) < 4.78 is 10.4. The van der Waals surface area contributed by atoms with Crippen LogP contribution in [0.3, 0.4) is 0 Å². The second-order valence-electron chi connectivity index (χ2n) is 5.95. The molecule has 0 saturated carbocycles. The second-order valence-corrected chi connectivity index (χ2v) is 5.95. The summed E-state index contributed by atoms with van der Waals surface area (Å²) in [6.45, 7) is 0.230. The van der Waals surface area contributed by atoms with Crippen LogP contribution in [0.15, 0.2) is 53.5 Å². The molecule has 1 saturated heterocycles. The Labute approximate surface area is 161 Å². The first-order valence-electron chi connectivity index (χ1n) is 8.50. The standard InChI is InChI=1S/C20H19N3O5/c1-27-15-8-5-7-14(10-15)23-19(25)16(18(24)22-20(23)26)12-21-11-13-6-3-4-9-17(13)28-2/h3-10,12,16H,11H2,1-2H3,(H,22,24,26)/t16-/m1/s1. The summed E-state index contributed by atoms with van der Waals surface area (Å²) in [5.74, 6) is -1.45. The van der Waals surface area contributed by atoms with Gasteiger partial charge in [-0.3, -0.25) is 19.9 Å². The Kier molecular flexibility index (Phi) is 5.69. The summed E-state index contributed by atoms with van der Waals surface area (Å²) in [5, 5.41) is 2.19. The van der Waals surface area contributed by atoms with Gasteiger partial charge in [-0.1, -0.05) is 24.3 Å². The molecule has 1 heterocycles. The minimum atomic E-state index is -1.21. The second kappa shape index (κ2) is 8.34. The number of carbonyl (C=O) groups excluding carboxylic acids is 3. The first-order valence-corrected chi connectivity index (χ1v) is 8.50. The van der Waals surface area contributed by atoms with E-state index in [1.54, 1.807) is 31.4 Å². The molecule has 2 aromatic carbocycles. The van der Waals surface area contributed by atoms with Crippen molar-refractivity contribution in [3.8, 4) is 11.5 Å². The maximum Gasteiger partial charge on any atom is 0.335 e. The van der Waals surface area contributed by atoms with Gasteiger partial charge in [0.25, 0.3) is 5.91 Å². The Morgan fingerprint density at radius 2 is 1.86 bits per heavy atom. The fourth-order valence-corrected chi connectivity index (χ4v) is 2.81. The fourth-order valence-electron chi connectivity index (χ4n) is 2.81. The molecule has 0 unspecified atom stereocenters. The van der Waals surface area contributed by atoms with Crippen LogP contribution in [-0.4, -0.2) is 38.3 Å². The smallest absolute Gasteiger partial charge is 0.335 e. The first kappa shape index (κ1) is 19.1. The lowest BCUT2D eigenvalue weighted by atomic mass is 10.1. The van der Waals surface area contributed by atoms with Crippen molar-refractivity contribution in [1.82, 2.24) is 5.32 Å². The lowest BCUT2D eigenvalue weighted by molar-refractivity contribution is -0.131. The lowest BCUT2D eigenvalue weighted by Gasteiger charge is -2.28. The predicted octanol–water partition coefficient (Wildman–Crippen LogP) is 2.17. The number of nitrogens with zero attached hydrogens (tertiary/aromatic N) is 2. The summed E-state index contributed by atoms with van der Waals surface area (Å²) in [6.07, 6.45) is 1.25. The van der Waals surface area contributed by atoms with Gasteiger partial charge in [0.05, 0.1) is 26.5 Å². The molecule has 1 fully saturated rings. The fraction of sp³-hybridized carbons (Fsp3) is 0.200. The molecule has 8 nitrogen and oxygen atoms in total. The summed E-state index contributed by atoms with van der Waals surface area (Å²) in [5.41, 5.74) is 1.11. The van der Waals surface area contributed by atoms with Crippen molar-refractivity contribution >= 4 is 29.7 Å². The van der Waals surface area contributed by atoms with E-state index in [1.807, 2.05) is 18.2 Å². The number of hydrogen-bond acceptors (Lipinski definition) is 6. The molecular formula is C20H19N3O5. The molecule has 1 atom stereocenters. The van der Waals surface area contributed by atoms with E-state index < -0.39 is 23.8 Å². The van der Waals surface area contributed by atoms with Gasteiger partial charge < -0.3 is 9.47 Å². The van der Waals surface area contributed by atoms with E-state index in [0.29, 0.717) is 17.2 Å². The molecule has 0 radical (unpaired) electrons. The number of anilines is 1. The van der Waals surface area contributed by atoms with E-state index in [4.69, 9.17) is 9.47 Å². The van der Waals surface area contributed by atoms with Crippen molar-refractivity contribution < 1.29 is 23.9 Å². The quantitative estimate of drug-likeness (QED) is 0.611. The SMILES string of the molecule is COc1cccc(N2C(=O)NC(=O)[C@@H](C=NCc3ccccc3OC)C2=O)c1. The lowest BCUT2D eigenvalue weighted by Crippen LogP contribution is -2.58. The van der Waals surface area contributed by atoms with Gasteiger partial charge in [-0.25, -0.2) is 9.69 Å². The number of aliphatic imine (C=N–C) groups is 1. The molecule has 0 aliphatic carbocycles. The zero-order chi connectivity index (χ0) is 20.1.